The standard InChI is InChI=1S/C11H19N3O2S/c1-8-11(17(12,15)16)9(2)14(13-8)10-6-4-3-5-7-10/h10H,3-7H2,1-2H3,(H2,12,15,16). The van der Waals surface area contributed by atoms with E-state index in [0.29, 0.717) is 17.4 Å². The molecule has 5 nitrogen and oxygen atoms in total. The third-order valence-electron chi connectivity index (χ3n) is 3.46. The predicted octanol–water partition coefficient (Wildman–Crippen LogP) is 1.65. The minimum atomic E-state index is -3.67. The summed E-state index contributed by atoms with van der Waals surface area (Å²) in [5.41, 5.74) is 1.19. The van der Waals surface area contributed by atoms with Crippen LogP contribution in [0.3, 0.4) is 0 Å². The molecule has 0 spiro atoms. The van der Waals surface area contributed by atoms with Gasteiger partial charge in [0.1, 0.15) is 4.90 Å². The smallest absolute Gasteiger partial charge is 0.241 e. The van der Waals surface area contributed by atoms with Crippen LogP contribution in [0.25, 0.3) is 0 Å². The van der Waals surface area contributed by atoms with Crippen LogP contribution in [-0.4, -0.2) is 18.2 Å². The number of primary sulfonamides is 1. The van der Waals surface area contributed by atoms with Gasteiger partial charge in [0, 0.05) is 0 Å². The zero-order valence-corrected chi connectivity index (χ0v) is 11.1. The van der Waals surface area contributed by atoms with Gasteiger partial charge in [-0.1, -0.05) is 19.3 Å². The lowest BCUT2D eigenvalue weighted by Gasteiger charge is -2.23. The van der Waals surface area contributed by atoms with E-state index in [2.05, 4.69) is 5.10 Å². The van der Waals surface area contributed by atoms with Gasteiger partial charge in [-0.3, -0.25) is 4.68 Å². The molecule has 2 N–H and O–H groups in total. The highest BCUT2D eigenvalue weighted by atomic mass is 32.2. The van der Waals surface area contributed by atoms with Crippen LogP contribution < -0.4 is 5.14 Å². The number of aryl methyl sites for hydroxylation is 1. The van der Waals surface area contributed by atoms with Gasteiger partial charge in [0.05, 0.1) is 17.4 Å². The van der Waals surface area contributed by atoms with Gasteiger partial charge >= 0.3 is 0 Å². The van der Waals surface area contributed by atoms with Crippen LogP contribution in [0.5, 0.6) is 0 Å². The average Bonchev–Trinajstić information content (AvgIpc) is 2.54. The second-order valence-corrected chi connectivity index (χ2v) is 6.28. The first-order valence-corrected chi connectivity index (χ1v) is 7.54. The molecule has 0 aromatic carbocycles. The molecule has 0 amide bonds. The minimum absolute atomic E-state index is 0.197. The Morgan fingerprint density at radius 2 is 1.82 bits per heavy atom. The van der Waals surface area contributed by atoms with E-state index >= 15 is 0 Å². The largest absolute Gasteiger partial charge is 0.265 e. The molecule has 1 aliphatic carbocycles. The monoisotopic (exact) mass is 257 g/mol. The lowest BCUT2D eigenvalue weighted by molar-refractivity contribution is 0.323. The van der Waals surface area contributed by atoms with Gasteiger partial charge in [-0.25, -0.2) is 13.6 Å². The van der Waals surface area contributed by atoms with E-state index in [1.54, 1.807) is 13.8 Å². The van der Waals surface area contributed by atoms with Crippen molar-refractivity contribution in [2.75, 3.05) is 0 Å². The van der Waals surface area contributed by atoms with E-state index in [1.807, 2.05) is 4.68 Å². The van der Waals surface area contributed by atoms with Gasteiger partial charge in [-0.05, 0) is 26.7 Å². The Hall–Kier alpha value is -0.880. The molecule has 1 aromatic rings. The Labute approximate surface area is 102 Å². The second-order valence-electron chi connectivity index (χ2n) is 4.78. The fourth-order valence-corrected chi connectivity index (χ4v) is 3.70. The van der Waals surface area contributed by atoms with Crippen LogP contribution in [0.4, 0.5) is 0 Å². The first-order chi connectivity index (χ1) is 7.91. The zero-order valence-electron chi connectivity index (χ0n) is 10.3. The number of aromatic nitrogens is 2. The van der Waals surface area contributed by atoms with Crippen molar-refractivity contribution in [1.29, 1.82) is 0 Å². The summed E-state index contributed by atoms with van der Waals surface area (Å²) in [6.07, 6.45) is 5.79. The Balaban J connectivity index is 2.43. The zero-order chi connectivity index (χ0) is 12.6. The number of sulfonamides is 1. The molecule has 17 heavy (non-hydrogen) atoms. The minimum Gasteiger partial charge on any atom is -0.265 e. The average molecular weight is 257 g/mol. The van der Waals surface area contributed by atoms with Gasteiger partial charge in [0.15, 0.2) is 0 Å². The molecule has 0 saturated heterocycles. The van der Waals surface area contributed by atoms with Crippen LogP contribution in [0.1, 0.15) is 49.5 Å². The van der Waals surface area contributed by atoms with Crippen molar-refractivity contribution in [1.82, 2.24) is 9.78 Å². The van der Waals surface area contributed by atoms with Crippen molar-refractivity contribution in [3.63, 3.8) is 0 Å². The first-order valence-electron chi connectivity index (χ1n) is 6.00. The van der Waals surface area contributed by atoms with Gasteiger partial charge in [0.25, 0.3) is 0 Å². The molecule has 0 atom stereocenters. The molecular formula is C11H19N3O2S. The Morgan fingerprint density at radius 3 is 2.29 bits per heavy atom. The summed E-state index contributed by atoms with van der Waals surface area (Å²) >= 11 is 0. The van der Waals surface area contributed by atoms with Crippen LogP contribution in [-0.2, 0) is 10.0 Å². The molecular weight excluding hydrogens is 238 g/mol. The first kappa shape index (κ1) is 12.6. The van der Waals surface area contributed by atoms with Crippen molar-refractivity contribution in [2.45, 2.75) is 56.9 Å². The summed E-state index contributed by atoms with van der Waals surface area (Å²) < 4.78 is 24.8. The van der Waals surface area contributed by atoms with Crippen LogP contribution in [0.15, 0.2) is 4.90 Å². The fraction of sp³-hybridized carbons (Fsp3) is 0.727. The highest BCUT2D eigenvalue weighted by Crippen LogP contribution is 2.31. The van der Waals surface area contributed by atoms with Crippen molar-refractivity contribution >= 4 is 10.0 Å². The summed E-state index contributed by atoms with van der Waals surface area (Å²) in [5, 5.41) is 9.58. The van der Waals surface area contributed by atoms with Gasteiger partial charge < -0.3 is 0 Å². The van der Waals surface area contributed by atoms with E-state index in [1.165, 1.54) is 19.3 Å². The SMILES string of the molecule is Cc1nn(C2CCCCC2)c(C)c1S(N)(=O)=O. The van der Waals surface area contributed by atoms with E-state index in [0.717, 1.165) is 12.8 Å². The van der Waals surface area contributed by atoms with Crippen molar-refractivity contribution < 1.29 is 8.42 Å². The summed E-state index contributed by atoms with van der Waals surface area (Å²) in [6, 6.07) is 0.331. The summed E-state index contributed by atoms with van der Waals surface area (Å²) in [7, 11) is -3.67. The third-order valence-corrected chi connectivity index (χ3v) is 4.62. The molecule has 1 aromatic heterocycles. The molecule has 6 heteroatoms. The number of rotatable bonds is 2. The maximum atomic E-state index is 11.5. The molecule has 0 unspecified atom stereocenters. The Bertz CT molecular complexity index is 513. The summed E-state index contributed by atoms with van der Waals surface area (Å²) in [5.74, 6) is 0. The number of nitrogens with two attached hydrogens (primary N) is 1. The van der Waals surface area contributed by atoms with Gasteiger partial charge in [-0.15, -0.1) is 0 Å². The maximum absolute atomic E-state index is 11.5. The fourth-order valence-electron chi connectivity index (χ4n) is 2.74. The molecule has 1 aliphatic rings. The maximum Gasteiger partial charge on any atom is 0.241 e. The van der Waals surface area contributed by atoms with Crippen molar-refractivity contribution in [3.8, 4) is 0 Å². The number of hydrogen-bond acceptors (Lipinski definition) is 3. The summed E-state index contributed by atoms with van der Waals surface area (Å²) in [4.78, 5) is 0.197. The van der Waals surface area contributed by atoms with Crippen molar-refractivity contribution in [2.24, 2.45) is 5.14 Å². The quantitative estimate of drug-likeness (QED) is 0.875. The molecule has 96 valence electrons. The van der Waals surface area contributed by atoms with Crippen LogP contribution in [0.2, 0.25) is 0 Å². The molecule has 0 radical (unpaired) electrons. The third kappa shape index (κ3) is 2.37. The second kappa shape index (κ2) is 4.42. The van der Waals surface area contributed by atoms with E-state index in [-0.39, 0.29) is 4.90 Å². The highest BCUT2D eigenvalue weighted by Gasteiger charge is 2.25. The van der Waals surface area contributed by atoms with Crippen molar-refractivity contribution in [3.05, 3.63) is 11.4 Å². The molecule has 1 fully saturated rings. The molecule has 0 aliphatic heterocycles. The Morgan fingerprint density at radius 1 is 1.24 bits per heavy atom. The lowest BCUT2D eigenvalue weighted by atomic mass is 9.95. The normalized spacial score (nSPS) is 18.5. The Kier molecular flexibility index (Phi) is 3.27. The van der Waals surface area contributed by atoms with E-state index in [9.17, 15) is 8.42 Å². The van der Waals surface area contributed by atoms with Gasteiger partial charge in [-0.2, -0.15) is 5.10 Å². The van der Waals surface area contributed by atoms with Crippen LogP contribution >= 0.6 is 0 Å². The lowest BCUT2D eigenvalue weighted by Crippen LogP contribution is -2.17. The summed E-state index contributed by atoms with van der Waals surface area (Å²) in [6.45, 7) is 3.49. The van der Waals surface area contributed by atoms with Crippen LogP contribution in [0, 0.1) is 13.8 Å². The molecule has 2 rings (SSSR count). The molecule has 1 heterocycles. The number of nitrogens with zero attached hydrogens (tertiary/aromatic N) is 2. The number of hydrogen-bond donors (Lipinski definition) is 1. The molecule has 1 saturated carbocycles. The molecule has 0 bridgehead atoms. The predicted molar refractivity (Wildman–Crippen MR) is 65.2 cm³/mol. The van der Waals surface area contributed by atoms with Gasteiger partial charge in [0.2, 0.25) is 10.0 Å². The van der Waals surface area contributed by atoms with E-state index < -0.39 is 10.0 Å². The van der Waals surface area contributed by atoms with E-state index in [4.69, 9.17) is 5.14 Å². The highest BCUT2D eigenvalue weighted by molar-refractivity contribution is 7.89. The topological polar surface area (TPSA) is 78.0 Å².